The number of ether oxygens (including phenoxy) is 1. The van der Waals surface area contributed by atoms with Crippen molar-refractivity contribution in [3.63, 3.8) is 0 Å². The van der Waals surface area contributed by atoms with E-state index < -0.39 is 0 Å². The highest BCUT2D eigenvalue weighted by Gasteiger charge is 2.21. The Hall–Kier alpha value is -1.56. The molecule has 0 radical (unpaired) electrons. The van der Waals surface area contributed by atoms with E-state index in [2.05, 4.69) is 15.3 Å². The first-order valence-electron chi connectivity index (χ1n) is 6.20. The predicted octanol–water partition coefficient (Wildman–Crippen LogP) is 1.11. The topological polar surface area (TPSA) is 70.2 Å². The Kier molecular flexibility index (Phi) is 3.56. The van der Waals surface area contributed by atoms with Gasteiger partial charge in [-0.25, -0.2) is 9.78 Å². The van der Waals surface area contributed by atoms with Crippen LogP contribution in [0.2, 0.25) is 0 Å². The SMILES string of the molecule is CC(C)(C)c1ncc(OC(=O)N2CCNCC2)[nH]1. The zero-order chi connectivity index (χ0) is 13.2. The van der Waals surface area contributed by atoms with Crippen molar-refractivity contribution < 1.29 is 9.53 Å². The number of piperazine rings is 1. The fourth-order valence-corrected chi connectivity index (χ4v) is 1.74. The molecular formula is C12H20N4O2. The molecule has 0 aliphatic carbocycles. The third-order valence-electron chi connectivity index (χ3n) is 2.84. The number of amides is 1. The van der Waals surface area contributed by atoms with Crippen LogP contribution in [-0.2, 0) is 5.41 Å². The lowest BCUT2D eigenvalue weighted by Crippen LogP contribution is -2.47. The summed E-state index contributed by atoms with van der Waals surface area (Å²) >= 11 is 0. The van der Waals surface area contributed by atoms with Crippen LogP contribution in [0.3, 0.4) is 0 Å². The summed E-state index contributed by atoms with van der Waals surface area (Å²) in [6.07, 6.45) is 1.24. The molecule has 2 heterocycles. The third kappa shape index (κ3) is 3.01. The maximum atomic E-state index is 11.9. The molecule has 0 atom stereocenters. The minimum absolute atomic E-state index is 0.0836. The summed E-state index contributed by atoms with van der Waals surface area (Å²) in [5.74, 6) is 1.22. The number of nitrogens with zero attached hydrogens (tertiary/aromatic N) is 2. The van der Waals surface area contributed by atoms with Gasteiger partial charge in [-0.1, -0.05) is 20.8 Å². The quantitative estimate of drug-likeness (QED) is 0.785. The normalized spacial score (nSPS) is 16.7. The summed E-state index contributed by atoms with van der Waals surface area (Å²) in [4.78, 5) is 20.8. The van der Waals surface area contributed by atoms with Gasteiger partial charge in [-0.05, 0) is 0 Å². The maximum Gasteiger partial charge on any atom is 0.416 e. The lowest BCUT2D eigenvalue weighted by Gasteiger charge is -2.26. The van der Waals surface area contributed by atoms with Crippen molar-refractivity contribution in [2.75, 3.05) is 26.2 Å². The van der Waals surface area contributed by atoms with E-state index in [1.165, 1.54) is 0 Å². The standard InChI is InChI=1S/C12H20N4O2/c1-12(2,3)10-14-8-9(15-10)18-11(17)16-6-4-13-5-7-16/h8,13H,4-7H2,1-3H3,(H,14,15). The van der Waals surface area contributed by atoms with E-state index in [4.69, 9.17) is 4.74 Å². The van der Waals surface area contributed by atoms with Gasteiger partial charge < -0.3 is 19.9 Å². The number of carbonyl (C=O) groups is 1. The van der Waals surface area contributed by atoms with Crippen LogP contribution in [0.1, 0.15) is 26.6 Å². The molecule has 2 N–H and O–H groups in total. The second kappa shape index (κ2) is 4.97. The highest BCUT2D eigenvalue weighted by atomic mass is 16.6. The van der Waals surface area contributed by atoms with Gasteiger partial charge in [-0.3, -0.25) is 0 Å². The number of H-pyrrole nitrogens is 1. The molecule has 1 aromatic rings. The van der Waals surface area contributed by atoms with Crippen LogP contribution >= 0.6 is 0 Å². The molecule has 1 aliphatic heterocycles. The Morgan fingerprint density at radius 1 is 1.39 bits per heavy atom. The zero-order valence-corrected chi connectivity index (χ0v) is 11.1. The van der Waals surface area contributed by atoms with Crippen LogP contribution in [0.15, 0.2) is 6.20 Å². The summed E-state index contributed by atoms with van der Waals surface area (Å²) in [5.41, 5.74) is -0.0836. The van der Waals surface area contributed by atoms with Gasteiger partial charge in [-0.15, -0.1) is 0 Å². The average Bonchev–Trinajstić information content (AvgIpc) is 2.78. The molecule has 6 nitrogen and oxygen atoms in total. The van der Waals surface area contributed by atoms with Gasteiger partial charge in [0.25, 0.3) is 0 Å². The number of imidazole rings is 1. The molecule has 0 bridgehead atoms. The van der Waals surface area contributed by atoms with Crippen molar-refractivity contribution >= 4 is 6.09 Å². The second-order valence-corrected chi connectivity index (χ2v) is 5.45. The van der Waals surface area contributed by atoms with Crippen molar-refractivity contribution in [3.8, 4) is 5.88 Å². The Balaban J connectivity index is 1.96. The van der Waals surface area contributed by atoms with Crippen LogP contribution in [0.25, 0.3) is 0 Å². The molecule has 1 aliphatic rings. The first kappa shape index (κ1) is 12.9. The van der Waals surface area contributed by atoms with Gasteiger partial charge in [0.15, 0.2) is 0 Å². The molecule has 0 unspecified atom stereocenters. The van der Waals surface area contributed by atoms with Gasteiger partial charge in [0.2, 0.25) is 5.88 Å². The van der Waals surface area contributed by atoms with E-state index in [9.17, 15) is 4.79 Å². The zero-order valence-electron chi connectivity index (χ0n) is 11.1. The number of nitrogens with one attached hydrogen (secondary N) is 2. The lowest BCUT2D eigenvalue weighted by molar-refractivity contribution is 0.144. The van der Waals surface area contributed by atoms with E-state index >= 15 is 0 Å². The summed E-state index contributed by atoms with van der Waals surface area (Å²) in [7, 11) is 0. The first-order valence-corrected chi connectivity index (χ1v) is 6.20. The van der Waals surface area contributed by atoms with E-state index in [0.29, 0.717) is 19.0 Å². The molecule has 100 valence electrons. The number of rotatable bonds is 1. The Morgan fingerprint density at radius 3 is 2.61 bits per heavy atom. The Morgan fingerprint density at radius 2 is 2.06 bits per heavy atom. The van der Waals surface area contributed by atoms with Crippen LogP contribution in [0.5, 0.6) is 5.88 Å². The van der Waals surface area contributed by atoms with E-state index in [1.807, 2.05) is 20.8 Å². The molecule has 1 saturated heterocycles. The first-order chi connectivity index (χ1) is 8.47. The van der Waals surface area contributed by atoms with Gasteiger partial charge in [0.05, 0.1) is 6.20 Å². The van der Waals surface area contributed by atoms with Crippen LogP contribution in [0, 0.1) is 0 Å². The van der Waals surface area contributed by atoms with Crippen LogP contribution in [-0.4, -0.2) is 47.1 Å². The number of aromatic amines is 1. The molecule has 0 spiro atoms. The highest BCUT2D eigenvalue weighted by molar-refractivity contribution is 5.70. The van der Waals surface area contributed by atoms with Crippen molar-refractivity contribution in [2.45, 2.75) is 26.2 Å². The fourth-order valence-electron chi connectivity index (χ4n) is 1.74. The molecule has 1 amide bonds. The molecule has 18 heavy (non-hydrogen) atoms. The van der Waals surface area contributed by atoms with Gasteiger partial charge >= 0.3 is 6.09 Å². The largest absolute Gasteiger partial charge is 0.416 e. The number of aromatic nitrogens is 2. The van der Waals surface area contributed by atoms with Crippen molar-refractivity contribution in [3.05, 3.63) is 12.0 Å². The Labute approximate surface area is 107 Å². The molecule has 1 fully saturated rings. The maximum absolute atomic E-state index is 11.9. The predicted molar refractivity (Wildman–Crippen MR) is 67.8 cm³/mol. The second-order valence-electron chi connectivity index (χ2n) is 5.45. The smallest absolute Gasteiger partial charge is 0.391 e. The monoisotopic (exact) mass is 252 g/mol. The third-order valence-corrected chi connectivity index (χ3v) is 2.84. The molecular weight excluding hydrogens is 232 g/mol. The van der Waals surface area contributed by atoms with E-state index in [1.54, 1.807) is 11.1 Å². The van der Waals surface area contributed by atoms with E-state index in [0.717, 1.165) is 18.9 Å². The molecule has 1 aromatic heterocycles. The lowest BCUT2D eigenvalue weighted by atomic mass is 9.96. The molecule has 2 rings (SSSR count). The van der Waals surface area contributed by atoms with Gasteiger partial charge in [-0.2, -0.15) is 0 Å². The fraction of sp³-hybridized carbons (Fsp3) is 0.667. The van der Waals surface area contributed by atoms with Gasteiger partial charge in [0.1, 0.15) is 5.82 Å². The van der Waals surface area contributed by atoms with Gasteiger partial charge in [0, 0.05) is 31.6 Å². The van der Waals surface area contributed by atoms with Crippen molar-refractivity contribution in [1.29, 1.82) is 0 Å². The summed E-state index contributed by atoms with van der Waals surface area (Å²) in [5, 5.41) is 3.19. The minimum Gasteiger partial charge on any atom is -0.391 e. The summed E-state index contributed by atoms with van der Waals surface area (Å²) < 4.78 is 5.27. The minimum atomic E-state index is -0.319. The van der Waals surface area contributed by atoms with Crippen LogP contribution in [0.4, 0.5) is 4.79 Å². The van der Waals surface area contributed by atoms with E-state index in [-0.39, 0.29) is 11.5 Å². The average molecular weight is 252 g/mol. The molecule has 0 aromatic carbocycles. The number of carbonyl (C=O) groups excluding carboxylic acids is 1. The number of hydrogen-bond acceptors (Lipinski definition) is 4. The molecule has 0 saturated carbocycles. The number of hydrogen-bond donors (Lipinski definition) is 2. The summed E-state index contributed by atoms with van der Waals surface area (Å²) in [6, 6.07) is 0. The summed E-state index contributed by atoms with van der Waals surface area (Å²) in [6.45, 7) is 9.13. The van der Waals surface area contributed by atoms with Crippen molar-refractivity contribution in [2.24, 2.45) is 0 Å². The van der Waals surface area contributed by atoms with Crippen molar-refractivity contribution in [1.82, 2.24) is 20.2 Å². The van der Waals surface area contributed by atoms with Crippen LogP contribution < -0.4 is 10.1 Å². The Bertz CT molecular complexity index is 416. The molecule has 6 heteroatoms. The highest BCUT2D eigenvalue weighted by Crippen LogP contribution is 2.21.